The Labute approximate surface area is 110 Å². The first-order valence-electron chi connectivity index (χ1n) is 5.85. The molecular weight excluding hydrogens is 254 g/mol. The maximum Gasteiger partial charge on any atom is 0.153 e. The van der Waals surface area contributed by atoms with Crippen molar-refractivity contribution in [1.82, 2.24) is 4.37 Å². The molecule has 0 aliphatic carbocycles. The van der Waals surface area contributed by atoms with Gasteiger partial charge in [-0.15, -0.1) is 11.8 Å². The van der Waals surface area contributed by atoms with Crippen molar-refractivity contribution in [2.75, 3.05) is 30.5 Å². The van der Waals surface area contributed by atoms with E-state index >= 15 is 0 Å². The predicted molar refractivity (Wildman–Crippen MR) is 74.9 cm³/mol. The van der Waals surface area contributed by atoms with Gasteiger partial charge in [-0.2, -0.15) is 4.37 Å². The Kier molecular flexibility index (Phi) is 4.53. The van der Waals surface area contributed by atoms with Gasteiger partial charge < -0.3 is 15.8 Å². The molecule has 6 heteroatoms. The third-order valence-electron chi connectivity index (χ3n) is 3.21. The number of nitrogens with one attached hydrogen (secondary N) is 1. The fraction of sp³-hybridized carbons (Fsp3) is 0.727. The highest BCUT2D eigenvalue weighted by molar-refractivity contribution is 7.99. The van der Waals surface area contributed by atoms with Crippen molar-refractivity contribution in [1.29, 1.82) is 0 Å². The molecular formula is C11H19N3OS2. The fourth-order valence-corrected chi connectivity index (χ4v) is 3.75. The average molecular weight is 273 g/mol. The molecule has 1 unspecified atom stereocenters. The number of rotatable bonds is 4. The van der Waals surface area contributed by atoms with Crippen LogP contribution in [-0.2, 0) is 4.74 Å². The van der Waals surface area contributed by atoms with E-state index < -0.39 is 0 Å². The summed E-state index contributed by atoms with van der Waals surface area (Å²) < 4.78 is 9.58. The van der Waals surface area contributed by atoms with Gasteiger partial charge in [0.2, 0.25) is 0 Å². The summed E-state index contributed by atoms with van der Waals surface area (Å²) in [4.78, 5) is 1.08. The molecule has 1 aliphatic heterocycles. The lowest BCUT2D eigenvalue weighted by atomic mass is 9.93. The largest absolute Gasteiger partial charge is 0.382 e. The normalized spacial score (nSPS) is 19.2. The van der Waals surface area contributed by atoms with Crippen LogP contribution in [0.1, 0.15) is 19.8 Å². The second kappa shape index (κ2) is 5.93. The molecule has 1 saturated heterocycles. The highest BCUT2D eigenvalue weighted by atomic mass is 32.2. The smallest absolute Gasteiger partial charge is 0.153 e. The van der Waals surface area contributed by atoms with E-state index in [0.29, 0.717) is 17.8 Å². The number of ether oxygens (including phenoxy) is 1. The lowest BCUT2D eigenvalue weighted by Crippen LogP contribution is -2.30. The Morgan fingerprint density at radius 3 is 2.88 bits per heavy atom. The Morgan fingerprint density at radius 1 is 1.53 bits per heavy atom. The van der Waals surface area contributed by atoms with E-state index in [1.807, 2.05) is 6.26 Å². The van der Waals surface area contributed by atoms with Gasteiger partial charge in [0.15, 0.2) is 5.82 Å². The van der Waals surface area contributed by atoms with Crippen LogP contribution in [0, 0.1) is 5.92 Å². The minimum absolute atomic E-state index is 0.449. The first kappa shape index (κ1) is 13.0. The zero-order chi connectivity index (χ0) is 12.3. The number of anilines is 2. The van der Waals surface area contributed by atoms with Gasteiger partial charge in [-0.1, -0.05) is 0 Å². The van der Waals surface area contributed by atoms with Crippen LogP contribution in [0.2, 0.25) is 0 Å². The van der Waals surface area contributed by atoms with Crippen LogP contribution >= 0.6 is 23.3 Å². The number of nitrogens with two attached hydrogens (primary N) is 1. The summed E-state index contributed by atoms with van der Waals surface area (Å²) in [6.07, 6.45) is 4.30. The van der Waals surface area contributed by atoms with Gasteiger partial charge in [-0.05, 0) is 43.5 Å². The molecule has 0 spiro atoms. The van der Waals surface area contributed by atoms with Gasteiger partial charge in [-0.3, -0.25) is 0 Å². The molecule has 17 heavy (non-hydrogen) atoms. The predicted octanol–water partition coefficient (Wildman–Crippen LogP) is 2.67. The molecule has 0 aromatic carbocycles. The molecule has 0 amide bonds. The minimum Gasteiger partial charge on any atom is -0.382 e. The van der Waals surface area contributed by atoms with E-state index in [0.717, 1.165) is 36.0 Å². The van der Waals surface area contributed by atoms with Crippen LogP contribution in [-0.4, -0.2) is 29.9 Å². The van der Waals surface area contributed by atoms with Crippen molar-refractivity contribution >= 4 is 34.1 Å². The molecule has 1 atom stereocenters. The SMILES string of the molecule is CSc1c(N)nsc1NC(C)C1CCOCC1. The maximum absolute atomic E-state index is 5.82. The third kappa shape index (κ3) is 3.05. The van der Waals surface area contributed by atoms with E-state index in [-0.39, 0.29) is 0 Å². The summed E-state index contributed by atoms with van der Waals surface area (Å²) in [6, 6.07) is 0.449. The molecule has 96 valence electrons. The summed E-state index contributed by atoms with van der Waals surface area (Å²) >= 11 is 3.11. The van der Waals surface area contributed by atoms with Crippen LogP contribution in [0.25, 0.3) is 0 Å². The van der Waals surface area contributed by atoms with E-state index in [4.69, 9.17) is 10.5 Å². The fourth-order valence-electron chi connectivity index (χ4n) is 2.12. The van der Waals surface area contributed by atoms with Gasteiger partial charge >= 0.3 is 0 Å². The van der Waals surface area contributed by atoms with Crippen LogP contribution in [0.15, 0.2) is 4.90 Å². The second-order valence-electron chi connectivity index (χ2n) is 4.31. The second-order valence-corrected chi connectivity index (χ2v) is 5.90. The summed E-state index contributed by atoms with van der Waals surface area (Å²) in [5, 5.41) is 4.66. The van der Waals surface area contributed by atoms with Crippen LogP contribution in [0.3, 0.4) is 0 Å². The zero-order valence-corrected chi connectivity index (χ0v) is 11.9. The van der Waals surface area contributed by atoms with Crippen molar-refractivity contribution in [2.45, 2.75) is 30.7 Å². The van der Waals surface area contributed by atoms with Crippen molar-refractivity contribution < 1.29 is 4.74 Å². The molecule has 3 N–H and O–H groups in total. The van der Waals surface area contributed by atoms with Gasteiger partial charge in [0.05, 0.1) is 4.90 Å². The maximum atomic E-state index is 5.82. The van der Waals surface area contributed by atoms with Gasteiger partial charge in [0.25, 0.3) is 0 Å². The van der Waals surface area contributed by atoms with Crippen LogP contribution in [0.4, 0.5) is 10.8 Å². The summed E-state index contributed by atoms with van der Waals surface area (Å²) in [6.45, 7) is 4.00. The Balaban J connectivity index is 1.99. The molecule has 4 nitrogen and oxygen atoms in total. The van der Waals surface area contributed by atoms with Crippen LogP contribution < -0.4 is 11.1 Å². The number of nitrogens with zero attached hydrogens (tertiary/aromatic N) is 1. The highest BCUT2D eigenvalue weighted by Gasteiger charge is 2.22. The summed E-state index contributed by atoms with van der Waals surface area (Å²) in [5.41, 5.74) is 5.82. The first-order chi connectivity index (χ1) is 8.22. The van der Waals surface area contributed by atoms with E-state index in [1.54, 1.807) is 11.8 Å². The minimum atomic E-state index is 0.449. The molecule has 0 radical (unpaired) electrons. The van der Waals surface area contributed by atoms with E-state index in [1.165, 1.54) is 11.5 Å². The standard InChI is InChI=1S/C11H19N3OS2/c1-7(8-3-5-15-6-4-8)13-11-9(16-2)10(12)14-17-11/h7-8,13H,3-6H2,1-2H3,(H2,12,14). The highest BCUT2D eigenvalue weighted by Crippen LogP contribution is 2.36. The van der Waals surface area contributed by atoms with Crippen LogP contribution in [0.5, 0.6) is 0 Å². The number of thioether (sulfide) groups is 1. The molecule has 2 heterocycles. The number of hydrogen-bond donors (Lipinski definition) is 2. The Morgan fingerprint density at radius 2 is 2.24 bits per heavy atom. The monoisotopic (exact) mass is 273 g/mol. The Hall–Kier alpha value is -0.460. The number of hydrogen-bond acceptors (Lipinski definition) is 6. The zero-order valence-electron chi connectivity index (χ0n) is 10.2. The number of aromatic nitrogens is 1. The van der Waals surface area contributed by atoms with Gasteiger partial charge in [-0.25, -0.2) is 0 Å². The molecule has 0 bridgehead atoms. The summed E-state index contributed by atoms with van der Waals surface area (Å²) in [5.74, 6) is 1.32. The first-order valence-corrected chi connectivity index (χ1v) is 7.85. The van der Waals surface area contributed by atoms with E-state index in [9.17, 15) is 0 Å². The van der Waals surface area contributed by atoms with Crippen molar-refractivity contribution in [3.63, 3.8) is 0 Å². The molecule has 0 saturated carbocycles. The summed E-state index contributed by atoms with van der Waals surface area (Å²) in [7, 11) is 0. The Bertz CT molecular complexity index is 364. The van der Waals surface area contributed by atoms with Crippen molar-refractivity contribution in [3.8, 4) is 0 Å². The average Bonchev–Trinajstić information content (AvgIpc) is 2.71. The molecule has 1 fully saturated rings. The van der Waals surface area contributed by atoms with Gasteiger partial charge in [0.1, 0.15) is 5.00 Å². The molecule has 1 aliphatic rings. The molecule has 1 aromatic heterocycles. The lowest BCUT2D eigenvalue weighted by Gasteiger charge is -2.28. The van der Waals surface area contributed by atoms with Crippen molar-refractivity contribution in [3.05, 3.63) is 0 Å². The van der Waals surface area contributed by atoms with E-state index in [2.05, 4.69) is 16.6 Å². The van der Waals surface area contributed by atoms with Crippen molar-refractivity contribution in [2.24, 2.45) is 5.92 Å². The topological polar surface area (TPSA) is 60.2 Å². The number of nitrogen functional groups attached to an aromatic ring is 1. The third-order valence-corrected chi connectivity index (χ3v) is 4.95. The van der Waals surface area contributed by atoms with Gasteiger partial charge in [0, 0.05) is 19.3 Å². The quantitative estimate of drug-likeness (QED) is 0.826. The lowest BCUT2D eigenvalue weighted by molar-refractivity contribution is 0.0622. The molecule has 1 aromatic rings. The molecule has 2 rings (SSSR count).